The maximum Gasteiger partial charge on any atom is 0.331 e. The second kappa shape index (κ2) is 3.70. The first-order chi connectivity index (χ1) is 7.63. The first-order valence-electron chi connectivity index (χ1n) is 5.30. The lowest BCUT2D eigenvalue weighted by Crippen LogP contribution is -2.45. The van der Waals surface area contributed by atoms with E-state index in [9.17, 15) is 9.90 Å². The summed E-state index contributed by atoms with van der Waals surface area (Å²) >= 11 is 0. The molecule has 1 aliphatic heterocycles. The van der Waals surface area contributed by atoms with Crippen molar-refractivity contribution in [1.82, 2.24) is 0 Å². The number of hydrogen-bond donors (Lipinski definition) is 2. The van der Waals surface area contributed by atoms with Gasteiger partial charge in [-0.3, -0.25) is 0 Å². The van der Waals surface area contributed by atoms with Crippen LogP contribution in [0.25, 0.3) is 0 Å². The third-order valence-electron chi connectivity index (χ3n) is 3.18. The standard InChI is InChI=1S/C12H15NO3/c1-3-12(11(15)16-2)7-8-9(13-12)5-4-6-10(8)14/h4-6,13-14H,3,7H2,1-2H3. The molecular formula is C12H15NO3. The minimum atomic E-state index is -0.726. The van der Waals surface area contributed by atoms with E-state index in [0.717, 1.165) is 11.3 Å². The SMILES string of the molecule is CCC1(C(=O)OC)Cc2c(O)cccc2N1. The highest BCUT2D eigenvalue weighted by Crippen LogP contribution is 2.39. The molecule has 86 valence electrons. The van der Waals surface area contributed by atoms with Crippen LogP contribution >= 0.6 is 0 Å². The third kappa shape index (κ3) is 1.41. The number of esters is 1. The summed E-state index contributed by atoms with van der Waals surface area (Å²) in [6.07, 6.45) is 1.09. The summed E-state index contributed by atoms with van der Waals surface area (Å²) in [7, 11) is 1.38. The van der Waals surface area contributed by atoms with Gasteiger partial charge in [-0.05, 0) is 18.6 Å². The van der Waals surface area contributed by atoms with E-state index in [2.05, 4.69) is 5.32 Å². The molecule has 2 N–H and O–H groups in total. The van der Waals surface area contributed by atoms with E-state index < -0.39 is 5.54 Å². The highest BCUT2D eigenvalue weighted by atomic mass is 16.5. The number of benzene rings is 1. The molecular weight excluding hydrogens is 206 g/mol. The van der Waals surface area contributed by atoms with Crippen LogP contribution in [0.1, 0.15) is 18.9 Å². The van der Waals surface area contributed by atoms with Gasteiger partial charge in [0.1, 0.15) is 11.3 Å². The van der Waals surface area contributed by atoms with Crippen molar-refractivity contribution in [1.29, 1.82) is 0 Å². The smallest absolute Gasteiger partial charge is 0.331 e. The number of rotatable bonds is 2. The summed E-state index contributed by atoms with van der Waals surface area (Å²) in [5.41, 5.74) is 0.873. The lowest BCUT2D eigenvalue weighted by Gasteiger charge is -2.25. The Balaban J connectivity index is 2.39. The predicted molar refractivity (Wildman–Crippen MR) is 60.5 cm³/mol. The van der Waals surface area contributed by atoms with Gasteiger partial charge in [0.2, 0.25) is 0 Å². The number of phenols is 1. The van der Waals surface area contributed by atoms with Gasteiger partial charge in [-0.2, -0.15) is 0 Å². The minimum absolute atomic E-state index is 0.226. The summed E-state index contributed by atoms with van der Waals surface area (Å²) in [5, 5.41) is 12.9. The van der Waals surface area contributed by atoms with Crippen molar-refractivity contribution in [2.24, 2.45) is 0 Å². The van der Waals surface area contributed by atoms with Gasteiger partial charge in [-0.1, -0.05) is 13.0 Å². The monoisotopic (exact) mass is 221 g/mol. The van der Waals surface area contributed by atoms with Crippen LogP contribution in [0.5, 0.6) is 5.75 Å². The molecule has 4 nitrogen and oxygen atoms in total. The number of carbonyl (C=O) groups excluding carboxylic acids is 1. The predicted octanol–water partition coefficient (Wildman–Crippen LogP) is 1.68. The fraction of sp³-hybridized carbons (Fsp3) is 0.417. The van der Waals surface area contributed by atoms with Gasteiger partial charge in [0.15, 0.2) is 0 Å². The molecule has 1 aromatic rings. The van der Waals surface area contributed by atoms with Crippen molar-refractivity contribution >= 4 is 11.7 Å². The molecule has 0 aliphatic carbocycles. The molecule has 1 atom stereocenters. The molecule has 0 bridgehead atoms. The van der Waals surface area contributed by atoms with Gasteiger partial charge in [0, 0.05) is 17.7 Å². The number of ether oxygens (including phenoxy) is 1. The Labute approximate surface area is 94.2 Å². The fourth-order valence-corrected chi connectivity index (χ4v) is 2.16. The lowest BCUT2D eigenvalue weighted by atomic mass is 9.92. The number of carbonyl (C=O) groups is 1. The Morgan fingerprint density at radius 3 is 2.94 bits per heavy atom. The van der Waals surface area contributed by atoms with E-state index in [1.807, 2.05) is 13.0 Å². The van der Waals surface area contributed by atoms with E-state index in [0.29, 0.717) is 12.8 Å². The van der Waals surface area contributed by atoms with E-state index in [4.69, 9.17) is 4.74 Å². The summed E-state index contributed by atoms with van der Waals surface area (Å²) in [6.45, 7) is 1.92. The molecule has 0 aromatic heterocycles. The highest BCUT2D eigenvalue weighted by Gasteiger charge is 2.44. The lowest BCUT2D eigenvalue weighted by molar-refractivity contribution is -0.145. The van der Waals surface area contributed by atoms with Crippen molar-refractivity contribution < 1.29 is 14.6 Å². The molecule has 0 saturated carbocycles. The molecule has 4 heteroatoms. The van der Waals surface area contributed by atoms with Gasteiger partial charge in [0.05, 0.1) is 7.11 Å². The second-order valence-electron chi connectivity index (χ2n) is 4.03. The van der Waals surface area contributed by atoms with Crippen LogP contribution in [-0.4, -0.2) is 23.7 Å². The Hall–Kier alpha value is -1.71. The van der Waals surface area contributed by atoms with Crippen molar-refractivity contribution in [2.75, 3.05) is 12.4 Å². The number of phenolic OH excluding ortho intramolecular Hbond substituents is 1. The zero-order valence-electron chi connectivity index (χ0n) is 9.41. The Kier molecular flexibility index (Phi) is 2.50. The van der Waals surface area contributed by atoms with Crippen LogP contribution in [0, 0.1) is 0 Å². The summed E-state index contributed by atoms with van der Waals surface area (Å²) < 4.78 is 4.82. The maximum absolute atomic E-state index is 11.8. The molecule has 1 aliphatic rings. The van der Waals surface area contributed by atoms with Crippen molar-refractivity contribution in [2.45, 2.75) is 25.3 Å². The molecule has 1 aromatic carbocycles. The van der Waals surface area contributed by atoms with Crippen LogP contribution in [0.2, 0.25) is 0 Å². The van der Waals surface area contributed by atoms with Crippen LogP contribution < -0.4 is 5.32 Å². The van der Waals surface area contributed by atoms with Gasteiger partial charge in [-0.15, -0.1) is 0 Å². The van der Waals surface area contributed by atoms with Crippen molar-refractivity contribution in [3.8, 4) is 5.75 Å². The number of nitrogens with one attached hydrogen (secondary N) is 1. The topological polar surface area (TPSA) is 58.6 Å². The van der Waals surface area contributed by atoms with Crippen LogP contribution in [0.4, 0.5) is 5.69 Å². The largest absolute Gasteiger partial charge is 0.508 e. The average Bonchev–Trinajstić information content (AvgIpc) is 2.69. The van der Waals surface area contributed by atoms with Crippen LogP contribution in [-0.2, 0) is 16.0 Å². The normalized spacial score (nSPS) is 22.4. The number of hydrogen-bond acceptors (Lipinski definition) is 4. The molecule has 16 heavy (non-hydrogen) atoms. The second-order valence-corrected chi connectivity index (χ2v) is 4.03. The molecule has 1 heterocycles. The molecule has 0 saturated heterocycles. The number of anilines is 1. The van der Waals surface area contributed by atoms with Crippen molar-refractivity contribution in [3.05, 3.63) is 23.8 Å². The Morgan fingerprint density at radius 2 is 2.38 bits per heavy atom. The van der Waals surface area contributed by atoms with Gasteiger partial charge in [-0.25, -0.2) is 4.79 Å². The Bertz CT molecular complexity index is 430. The number of aromatic hydroxyl groups is 1. The van der Waals surface area contributed by atoms with Crippen molar-refractivity contribution in [3.63, 3.8) is 0 Å². The molecule has 0 fully saturated rings. The summed E-state index contributed by atoms with van der Waals surface area (Å²) in [6, 6.07) is 5.24. The summed E-state index contributed by atoms with van der Waals surface area (Å²) in [4.78, 5) is 11.8. The van der Waals surface area contributed by atoms with Gasteiger partial charge >= 0.3 is 5.97 Å². The number of methoxy groups -OCH3 is 1. The quantitative estimate of drug-likeness (QED) is 0.746. The molecule has 0 amide bonds. The molecule has 2 rings (SSSR count). The van der Waals surface area contributed by atoms with Gasteiger partial charge in [0.25, 0.3) is 0 Å². The third-order valence-corrected chi connectivity index (χ3v) is 3.18. The first-order valence-corrected chi connectivity index (χ1v) is 5.30. The molecule has 0 spiro atoms. The van der Waals surface area contributed by atoms with E-state index in [-0.39, 0.29) is 11.7 Å². The van der Waals surface area contributed by atoms with Crippen LogP contribution in [0.3, 0.4) is 0 Å². The maximum atomic E-state index is 11.8. The summed E-state index contributed by atoms with van der Waals surface area (Å²) in [5.74, 6) is -0.0603. The van der Waals surface area contributed by atoms with Crippen LogP contribution in [0.15, 0.2) is 18.2 Å². The van der Waals surface area contributed by atoms with E-state index in [1.54, 1.807) is 12.1 Å². The zero-order chi connectivity index (χ0) is 11.8. The number of fused-ring (bicyclic) bond motifs is 1. The zero-order valence-corrected chi connectivity index (χ0v) is 9.41. The molecule has 0 radical (unpaired) electrons. The van der Waals surface area contributed by atoms with E-state index in [1.165, 1.54) is 7.11 Å². The average molecular weight is 221 g/mol. The molecule has 1 unspecified atom stereocenters. The van der Waals surface area contributed by atoms with Gasteiger partial charge < -0.3 is 15.2 Å². The Morgan fingerprint density at radius 1 is 1.62 bits per heavy atom. The first kappa shape index (κ1) is 10.8. The highest BCUT2D eigenvalue weighted by molar-refractivity contribution is 5.88. The van der Waals surface area contributed by atoms with E-state index >= 15 is 0 Å². The fourth-order valence-electron chi connectivity index (χ4n) is 2.16. The minimum Gasteiger partial charge on any atom is -0.508 e.